The van der Waals surface area contributed by atoms with Crippen molar-refractivity contribution in [3.63, 3.8) is 0 Å². The maximum absolute atomic E-state index is 8.94. The van der Waals surface area contributed by atoms with Gasteiger partial charge >= 0.3 is 0 Å². The number of thiazole rings is 1. The molecule has 4 nitrogen and oxygen atoms in total. The van der Waals surface area contributed by atoms with Gasteiger partial charge in [0.1, 0.15) is 0 Å². The lowest BCUT2D eigenvalue weighted by Crippen LogP contribution is -2.29. The first-order chi connectivity index (χ1) is 8.26. The van der Waals surface area contributed by atoms with Gasteiger partial charge in [0, 0.05) is 30.8 Å². The number of fused-ring (bicyclic) bond motifs is 1. The summed E-state index contributed by atoms with van der Waals surface area (Å²) in [5.41, 5.74) is 0.985. The molecule has 0 aliphatic rings. The van der Waals surface area contributed by atoms with Crippen LogP contribution in [0.5, 0.6) is 0 Å². The summed E-state index contributed by atoms with van der Waals surface area (Å²) in [6.07, 6.45) is 3.73. The zero-order valence-electron chi connectivity index (χ0n) is 9.69. The van der Waals surface area contributed by atoms with Crippen LogP contribution < -0.4 is 5.32 Å². The largest absolute Gasteiger partial charge is 0.396 e. The molecule has 0 amide bonds. The SMILES string of the molecule is CCC(CCO)NCc1c(Cl)nc2sccn12. The van der Waals surface area contributed by atoms with Gasteiger partial charge in [-0.3, -0.25) is 4.40 Å². The highest BCUT2D eigenvalue weighted by molar-refractivity contribution is 7.15. The van der Waals surface area contributed by atoms with E-state index in [4.69, 9.17) is 16.7 Å². The van der Waals surface area contributed by atoms with Crippen molar-refractivity contribution in [2.75, 3.05) is 6.61 Å². The Morgan fingerprint density at radius 3 is 3.18 bits per heavy atom. The molecule has 0 saturated heterocycles. The number of hydrogen-bond donors (Lipinski definition) is 2. The number of rotatable bonds is 6. The first-order valence-corrected chi connectivity index (χ1v) is 6.96. The van der Waals surface area contributed by atoms with Crippen LogP contribution in [0, 0.1) is 0 Å². The number of nitrogens with zero attached hydrogens (tertiary/aromatic N) is 2. The molecule has 2 aromatic rings. The minimum atomic E-state index is 0.208. The van der Waals surface area contributed by atoms with Gasteiger partial charge in [-0.25, -0.2) is 4.98 Å². The second-order valence-electron chi connectivity index (χ2n) is 3.90. The molecular formula is C11H16ClN3OS. The lowest BCUT2D eigenvalue weighted by Gasteiger charge is -2.15. The Morgan fingerprint density at radius 1 is 1.65 bits per heavy atom. The maximum Gasteiger partial charge on any atom is 0.195 e. The molecule has 0 aliphatic carbocycles. The van der Waals surface area contributed by atoms with Gasteiger partial charge < -0.3 is 10.4 Å². The van der Waals surface area contributed by atoms with Crippen molar-refractivity contribution in [1.29, 1.82) is 0 Å². The number of aromatic nitrogens is 2. The minimum absolute atomic E-state index is 0.208. The van der Waals surface area contributed by atoms with E-state index in [-0.39, 0.29) is 6.61 Å². The van der Waals surface area contributed by atoms with E-state index in [1.165, 1.54) is 0 Å². The van der Waals surface area contributed by atoms with E-state index in [9.17, 15) is 0 Å². The van der Waals surface area contributed by atoms with Gasteiger partial charge in [0.15, 0.2) is 10.1 Å². The van der Waals surface area contributed by atoms with Gasteiger partial charge in [-0.1, -0.05) is 18.5 Å². The number of aliphatic hydroxyl groups is 1. The molecule has 0 saturated carbocycles. The van der Waals surface area contributed by atoms with Crippen LogP contribution in [0.25, 0.3) is 4.96 Å². The normalized spacial score (nSPS) is 13.4. The predicted molar refractivity (Wildman–Crippen MR) is 70.7 cm³/mol. The van der Waals surface area contributed by atoms with Gasteiger partial charge in [-0.15, -0.1) is 11.3 Å². The lowest BCUT2D eigenvalue weighted by atomic mass is 10.1. The number of nitrogens with one attached hydrogen (secondary N) is 1. The molecule has 6 heteroatoms. The second-order valence-corrected chi connectivity index (χ2v) is 5.13. The van der Waals surface area contributed by atoms with Crippen LogP contribution in [0.3, 0.4) is 0 Å². The Bertz CT molecular complexity index is 482. The van der Waals surface area contributed by atoms with Gasteiger partial charge in [-0.05, 0) is 12.8 Å². The third-order valence-corrected chi connectivity index (χ3v) is 3.90. The molecule has 0 bridgehead atoms. The summed E-state index contributed by atoms with van der Waals surface area (Å²) < 4.78 is 2.01. The summed E-state index contributed by atoms with van der Waals surface area (Å²) in [6, 6.07) is 0.320. The molecule has 1 unspecified atom stereocenters. The Balaban J connectivity index is 2.07. The fourth-order valence-corrected chi connectivity index (χ4v) is 2.83. The Morgan fingerprint density at radius 2 is 2.47 bits per heavy atom. The van der Waals surface area contributed by atoms with Gasteiger partial charge in [0.25, 0.3) is 0 Å². The minimum Gasteiger partial charge on any atom is -0.396 e. The van der Waals surface area contributed by atoms with Crippen LogP contribution >= 0.6 is 22.9 Å². The van der Waals surface area contributed by atoms with Crippen LogP contribution in [0.1, 0.15) is 25.5 Å². The van der Waals surface area contributed by atoms with Crippen LogP contribution in [0.2, 0.25) is 5.15 Å². The fraction of sp³-hybridized carbons (Fsp3) is 0.545. The maximum atomic E-state index is 8.94. The first kappa shape index (κ1) is 12.8. The summed E-state index contributed by atoms with van der Waals surface area (Å²) in [4.78, 5) is 5.20. The molecule has 94 valence electrons. The van der Waals surface area contributed by atoms with E-state index in [1.807, 2.05) is 16.0 Å². The zero-order valence-corrected chi connectivity index (χ0v) is 11.3. The molecule has 0 spiro atoms. The third-order valence-electron chi connectivity index (χ3n) is 2.84. The summed E-state index contributed by atoms with van der Waals surface area (Å²) in [5, 5.41) is 14.9. The van der Waals surface area contributed by atoms with E-state index in [0.29, 0.717) is 17.7 Å². The van der Waals surface area contributed by atoms with E-state index in [0.717, 1.165) is 23.5 Å². The molecule has 0 aliphatic heterocycles. The molecule has 0 radical (unpaired) electrons. The van der Waals surface area contributed by atoms with E-state index >= 15 is 0 Å². The summed E-state index contributed by atoms with van der Waals surface area (Å²) in [6.45, 7) is 2.99. The van der Waals surface area contributed by atoms with Crippen molar-refractivity contribution in [2.45, 2.75) is 32.4 Å². The summed E-state index contributed by atoms with van der Waals surface area (Å²) in [7, 11) is 0. The van der Waals surface area contributed by atoms with Crippen molar-refractivity contribution in [1.82, 2.24) is 14.7 Å². The van der Waals surface area contributed by atoms with E-state index < -0.39 is 0 Å². The lowest BCUT2D eigenvalue weighted by molar-refractivity contribution is 0.261. The van der Waals surface area contributed by atoms with Crippen LogP contribution in [-0.2, 0) is 6.54 Å². The van der Waals surface area contributed by atoms with Gasteiger partial charge in [-0.2, -0.15) is 0 Å². The first-order valence-electron chi connectivity index (χ1n) is 5.70. The third kappa shape index (κ3) is 2.80. The molecule has 2 heterocycles. The van der Waals surface area contributed by atoms with Crippen molar-refractivity contribution in [3.05, 3.63) is 22.4 Å². The Kier molecular flexibility index (Phi) is 4.39. The monoisotopic (exact) mass is 273 g/mol. The summed E-state index contributed by atoms with van der Waals surface area (Å²) >= 11 is 7.67. The quantitative estimate of drug-likeness (QED) is 0.849. The molecular weight excluding hydrogens is 258 g/mol. The van der Waals surface area contributed by atoms with Crippen LogP contribution in [0.15, 0.2) is 11.6 Å². The number of imidazole rings is 1. The van der Waals surface area contributed by atoms with Crippen molar-refractivity contribution >= 4 is 27.9 Å². The molecule has 0 aromatic carbocycles. The highest BCUT2D eigenvalue weighted by Crippen LogP contribution is 2.21. The Labute approximate surface area is 109 Å². The number of aliphatic hydroxyl groups excluding tert-OH is 1. The molecule has 2 rings (SSSR count). The number of hydrogen-bond acceptors (Lipinski definition) is 4. The average Bonchev–Trinajstić information content (AvgIpc) is 2.86. The van der Waals surface area contributed by atoms with Crippen LogP contribution in [0.4, 0.5) is 0 Å². The smallest absolute Gasteiger partial charge is 0.195 e. The van der Waals surface area contributed by atoms with Gasteiger partial charge in [0.05, 0.1) is 5.69 Å². The predicted octanol–water partition coefficient (Wildman–Crippen LogP) is 2.30. The second kappa shape index (κ2) is 5.82. The highest BCUT2D eigenvalue weighted by Gasteiger charge is 2.12. The van der Waals surface area contributed by atoms with Crippen molar-refractivity contribution in [2.24, 2.45) is 0 Å². The Hall–Kier alpha value is -0.620. The van der Waals surface area contributed by atoms with Crippen molar-refractivity contribution < 1.29 is 5.11 Å². The summed E-state index contributed by atoms with van der Waals surface area (Å²) in [5.74, 6) is 0. The van der Waals surface area contributed by atoms with Gasteiger partial charge in [0.2, 0.25) is 0 Å². The van der Waals surface area contributed by atoms with Crippen molar-refractivity contribution in [3.8, 4) is 0 Å². The van der Waals surface area contributed by atoms with E-state index in [1.54, 1.807) is 11.3 Å². The molecule has 1 atom stereocenters. The molecule has 2 N–H and O–H groups in total. The zero-order chi connectivity index (χ0) is 12.3. The number of halogens is 1. The molecule has 17 heavy (non-hydrogen) atoms. The topological polar surface area (TPSA) is 49.6 Å². The molecule has 2 aromatic heterocycles. The highest BCUT2D eigenvalue weighted by atomic mass is 35.5. The average molecular weight is 274 g/mol. The van der Waals surface area contributed by atoms with E-state index in [2.05, 4.69) is 17.2 Å². The standard InChI is InChI=1S/C11H16ClN3OS/c1-2-8(3-5-16)13-7-9-10(12)14-11-15(9)4-6-17-11/h4,6,8,13,16H,2-3,5,7H2,1H3. The fourth-order valence-electron chi connectivity index (χ4n) is 1.81. The van der Waals surface area contributed by atoms with Crippen LogP contribution in [-0.4, -0.2) is 27.1 Å². The molecule has 0 fully saturated rings.